The number of likely N-dealkylation sites (tertiary alicyclic amines) is 1. The van der Waals surface area contributed by atoms with Crippen LogP contribution in [0, 0.1) is 0 Å². The van der Waals surface area contributed by atoms with Gasteiger partial charge in [0, 0.05) is 24.2 Å². The summed E-state index contributed by atoms with van der Waals surface area (Å²) < 4.78 is 0. The number of nitrogens with one attached hydrogen (secondary N) is 1. The van der Waals surface area contributed by atoms with Gasteiger partial charge in [0.1, 0.15) is 0 Å². The fraction of sp³-hybridized carbons (Fsp3) is 1.00. The summed E-state index contributed by atoms with van der Waals surface area (Å²) in [5, 5.41) is 13.2. The largest absolute Gasteiger partial charge is 0.394 e. The summed E-state index contributed by atoms with van der Waals surface area (Å²) in [6, 6.07) is 1.61. The van der Waals surface area contributed by atoms with E-state index in [1.807, 2.05) is 0 Å². The molecule has 0 amide bonds. The zero-order valence-electron chi connectivity index (χ0n) is 14.3. The van der Waals surface area contributed by atoms with Crippen LogP contribution >= 0.6 is 0 Å². The number of aliphatic hydroxyl groups excluding tert-OH is 1. The summed E-state index contributed by atoms with van der Waals surface area (Å²) in [7, 11) is 2.31. The zero-order chi connectivity index (χ0) is 15.3. The molecular weight excluding hydrogens is 262 g/mol. The Morgan fingerprint density at radius 1 is 1.19 bits per heavy atom. The van der Waals surface area contributed by atoms with Gasteiger partial charge in [0.25, 0.3) is 0 Å². The van der Waals surface area contributed by atoms with Crippen molar-refractivity contribution < 1.29 is 5.11 Å². The van der Waals surface area contributed by atoms with Crippen molar-refractivity contribution in [1.29, 1.82) is 0 Å². The Kier molecular flexibility index (Phi) is 6.48. The molecule has 21 heavy (non-hydrogen) atoms. The van der Waals surface area contributed by atoms with Crippen molar-refractivity contribution in [2.24, 2.45) is 0 Å². The third-order valence-electron chi connectivity index (χ3n) is 5.89. The first kappa shape index (κ1) is 17.2. The highest BCUT2D eigenvalue weighted by Gasteiger charge is 2.34. The Bertz CT molecular complexity index is 306. The number of nitrogens with zero attached hydrogens (tertiary/aromatic N) is 2. The van der Waals surface area contributed by atoms with Crippen LogP contribution < -0.4 is 5.32 Å². The molecule has 2 saturated heterocycles. The third-order valence-corrected chi connectivity index (χ3v) is 5.89. The maximum atomic E-state index is 9.73. The van der Waals surface area contributed by atoms with E-state index in [9.17, 15) is 5.11 Å². The highest BCUT2D eigenvalue weighted by Crippen LogP contribution is 2.28. The van der Waals surface area contributed by atoms with Gasteiger partial charge in [-0.15, -0.1) is 0 Å². The molecule has 0 saturated carbocycles. The van der Waals surface area contributed by atoms with Gasteiger partial charge >= 0.3 is 0 Å². The molecule has 2 aliphatic heterocycles. The molecule has 4 heteroatoms. The molecule has 3 unspecified atom stereocenters. The predicted octanol–water partition coefficient (Wildman–Crippen LogP) is 1.69. The lowest BCUT2D eigenvalue weighted by atomic mass is 9.91. The van der Waals surface area contributed by atoms with Crippen molar-refractivity contribution in [3.05, 3.63) is 0 Å². The van der Waals surface area contributed by atoms with Crippen molar-refractivity contribution in [3.8, 4) is 0 Å². The van der Waals surface area contributed by atoms with Crippen LogP contribution in [-0.2, 0) is 0 Å². The summed E-state index contributed by atoms with van der Waals surface area (Å²) in [6.45, 7) is 9.18. The Hall–Kier alpha value is -0.160. The van der Waals surface area contributed by atoms with E-state index in [0.29, 0.717) is 0 Å². The number of rotatable bonds is 8. The quantitative estimate of drug-likeness (QED) is 0.715. The van der Waals surface area contributed by atoms with E-state index >= 15 is 0 Å². The topological polar surface area (TPSA) is 38.7 Å². The van der Waals surface area contributed by atoms with Crippen LogP contribution in [0.15, 0.2) is 0 Å². The molecule has 2 fully saturated rings. The van der Waals surface area contributed by atoms with Crippen LogP contribution in [0.4, 0.5) is 0 Å². The second-order valence-corrected chi connectivity index (χ2v) is 7.07. The molecule has 2 aliphatic rings. The Morgan fingerprint density at radius 3 is 2.62 bits per heavy atom. The highest BCUT2D eigenvalue weighted by atomic mass is 16.3. The predicted molar refractivity (Wildman–Crippen MR) is 88.6 cm³/mol. The summed E-state index contributed by atoms with van der Waals surface area (Å²) >= 11 is 0. The van der Waals surface area contributed by atoms with E-state index in [1.54, 1.807) is 0 Å². The number of likely N-dealkylation sites (N-methyl/N-ethyl adjacent to an activating group) is 2. The van der Waals surface area contributed by atoms with E-state index in [4.69, 9.17) is 0 Å². The second kappa shape index (κ2) is 7.91. The molecule has 124 valence electrons. The SMILES string of the molecule is CCNC(CC)(CO)CCCN1CCC2CCC(C1)N2C. The molecule has 2 N–H and O–H groups in total. The van der Waals surface area contributed by atoms with Crippen molar-refractivity contribution in [3.63, 3.8) is 0 Å². The molecule has 3 atom stereocenters. The molecule has 2 rings (SSSR count). The minimum atomic E-state index is -0.0591. The van der Waals surface area contributed by atoms with E-state index in [0.717, 1.165) is 31.5 Å². The van der Waals surface area contributed by atoms with Gasteiger partial charge < -0.3 is 15.3 Å². The first-order chi connectivity index (χ1) is 10.1. The third kappa shape index (κ3) is 4.19. The number of hydrogen-bond acceptors (Lipinski definition) is 4. The summed E-state index contributed by atoms with van der Waals surface area (Å²) in [6.07, 6.45) is 7.38. The van der Waals surface area contributed by atoms with Crippen molar-refractivity contribution in [2.45, 2.75) is 70.0 Å². The number of aliphatic hydroxyl groups is 1. The fourth-order valence-electron chi connectivity index (χ4n) is 4.24. The molecule has 4 nitrogen and oxygen atoms in total. The standard InChI is InChI=1S/C17H35N3O/c1-4-17(14-21,18-5-2)10-6-11-20-12-9-15-7-8-16(13-20)19(15)3/h15-16,18,21H,4-14H2,1-3H3. The average Bonchev–Trinajstić information content (AvgIpc) is 2.74. The van der Waals surface area contributed by atoms with Crippen molar-refractivity contribution in [1.82, 2.24) is 15.1 Å². The summed E-state index contributed by atoms with van der Waals surface area (Å²) in [5.41, 5.74) is -0.0591. The lowest BCUT2D eigenvalue weighted by Crippen LogP contribution is -2.48. The van der Waals surface area contributed by atoms with E-state index in [2.05, 4.69) is 36.0 Å². The number of fused-ring (bicyclic) bond motifs is 2. The van der Waals surface area contributed by atoms with Gasteiger partial charge in [0.05, 0.1) is 6.61 Å². The van der Waals surface area contributed by atoms with Crippen LogP contribution in [0.25, 0.3) is 0 Å². The molecule has 0 aromatic carbocycles. The lowest BCUT2D eigenvalue weighted by Gasteiger charge is -2.33. The fourth-order valence-corrected chi connectivity index (χ4v) is 4.24. The Balaban J connectivity index is 1.77. The van der Waals surface area contributed by atoms with Crippen LogP contribution in [-0.4, -0.2) is 72.4 Å². The van der Waals surface area contributed by atoms with Gasteiger partial charge in [-0.3, -0.25) is 4.90 Å². The maximum absolute atomic E-state index is 9.73. The molecule has 0 spiro atoms. The molecule has 0 radical (unpaired) electrons. The maximum Gasteiger partial charge on any atom is 0.0613 e. The van der Waals surface area contributed by atoms with Crippen molar-refractivity contribution >= 4 is 0 Å². The van der Waals surface area contributed by atoms with Crippen LogP contribution in [0.3, 0.4) is 0 Å². The molecule has 2 heterocycles. The van der Waals surface area contributed by atoms with Gasteiger partial charge in [0.15, 0.2) is 0 Å². The normalized spacial score (nSPS) is 30.3. The van der Waals surface area contributed by atoms with Gasteiger partial charge in [0.2, 0.25) is 0 Å². The van der Waals surface area contributed by atoms with Crippen LogP contribution in [0.2, 0.25) is 0 Å². The zero-order valence-corrected chi connectivity index (χ0v) is 14.3. The second-order valence-electron chi connectivity index (χ2n) is 7.07. The van der Waals surface area contributed by atoms with Gasteiger partial charge in [-0.25, -0.2) is 0 Å². The lowest BCUT2D eigenvalue weighted by molar-refractivity contribution is 0.138. The molecule has 0 aromatic heterocycles. The first-order valence-corrected chi connectivity index (χ1v) is 8.94. The van der Waals surface area contributed by atoms with Gasteiger partial charge in [-0.05, 0) is 65.2 Å². The summed E-state index contributed by atoms with van der Waals surface area (Å²) in [4.78, 5) is 5.27. The smallest absolute Gasteiger partial charge is 0.0613 e. The van der Waals surface area contributed by atoms with Gasteiger partial charge in [-0.2, -0.15) is 0 Å². The van der Waals surface area contributed by atoms with Gasteiger partial charge in [-0.1, -0.05) is 13.8 Å². The Labute approximate surface area is 130 Å². The van der Waals surface area contributed by atoms with Crippen LogP contribution in [0.1, 0.15) is 52.4 Å². The minimum Gasteiger partial charge on any atom is -0.394 e. The molecule has 0 aromatic rings. The Morgan fingerprint density at radius 2 is 1.95 bits per heavy atom. The molecule has 0 aliphatic carbocycles. The van der Waals surface area contributed by atoms with E-state index < -0.39 is 0 Å². The molecular formula is C17H35N3O. The van der Waals surface area contributed by atoms with E-state index in [-0.39, 0.29) is 12.1 Å². The van der Waals surface area contributed by atoms with Crippen LogP contribution in [0.5, 0.6) is 0 Å². The number of hydrogen-bond donors (Lipinski definition) is 2. The highest BCUT2D eigenvalue weighted by molar-refractivity contribution is 4.91. The summed E-state index contributed by atoms with van der Waals surface area (Å²) in [5.74, 6) is 0. The monoisotopic (exact) mass is 297 g/mol. The van der Waals surface area contributed by atoms with E-state index in [1.165, 1.54) is 45.3 Å². The minimum absolute atomic E-state index is 0.0591. The average molecular weight is 297 g/mol. The first-order valence-electron chi connectivity index (χ1n) is 8.94. The molecule has 2 bridgehead atoms. The van der Waals surface area contributed by atoms with Crippen molar-refractivity contribution in [2.75, 3.05) is 39.8 Å².